The van der Waals surface area contributed by atoms with Crippen LogP contribution in [0, 0.1) is 37.5 Å². The van der Waals surface area contributed by atoms with Crippen LogP contribution in [0.2, 0.25) is 0 Å². The molecule has 2 aromatic heterocycles. The first-order valence-corrected chi connectivity index (χ1v) is 17.0. The predicted octanol–water partition coefficient (Wildman–Crippen LogP) is 6.81. The van der Waals surface area contributed by atoms with Crippen LogP contribution in [0.15, 0.2) is 47.4 Å². The zero-order valence-electron chi connectivity index (χ0n) is 29.9. The van der Waals surface area contributed by atoms with Gasteiger partial charge < -0.3 is 19.5 Å². The summed E-state index contributed by atoms with van der Waals surface area (Å²) in [6, 6.07) is 8.11. The number of alkyl halides is 3. The number of carbonyl (C=O) groups is 2. The summed E-state index contributed by atoms with van der Waals surface area (Å²) in [6.07, 6.45) is -0.511. The molecule has 1 fully saturated rings. The Kier molecular flexibility index (Phi) is 12.7. The van der Waals surface area contributed by atoms with E-state index in [0.29, 0.717) is 24.0 Å². The summed E-state index contributed by atoms with van der Waals surface area (Å²) >= 11 is 0. The Morgan fingerprint density at radius 1 is 1.12 bits per heavy atom. The lowest BCUT2D eigenvalue weighted by Crippen LogP contribution is -2.41. The average molecular weight is 693 g/mol. The van der Waals surface area contributed by atoms with Gasteiger partial charge in [-0.2, -0.15) is 13.2 Å². The number of rotatable bonds is 12. The number of benzene rings is 1. The first-order valence-electron chi connectivity index (χ1n) is 17.0. The van der Waals surface area contributed by atoms with Crippen LogP contribution in [-0.2, 0) is 26.9 Å². The number of carbonyl (C=O) groups excluding carboxylic acids is 2. The number of pyridine rings is 2. The third-order valence-electron chi connectivity index (χ3n) is 9.03. The van der Waals surface area contributed by atoms with E-state index in [0.717, 1.165) is 52.3 Å². The maximum atomic E-state index is 14.2. The van der Waals surface area contributed by atoms with Crippen LogP contribution in [0.1, 0.15) is 91.7 Å². The van der Waals surface area contributed by atoms with Gasteiger partial charge >= 0.3 is 12.1 Å². The monoisotopic (exact) mass is 692 g/mol. The minimum Gasteiger partial charge on any atom is -0.469 e. The molecule has 2 heterocycles. The molecule has 1 aliphatic rings. The van der Waals surface area contributed by atoms with Crippen molar-refractivity contribution in [2.45, 2.75) is 84.5 Å². The topological polar surface area (TPSA) is 93.5 Å². The normalized spacial score (nSPS) is 14.5. The summed E-state index contributed by atoms with van der Waals surface area (Å²) in [5.41, 5.74) is 2.65. The van der Waals surface area contributed by atoms with E-state index in [9.17, 15) is 27.6 Å². The van der Waals surface area contributed by atoms with Crippen LogP contribution in [0.25, 0.3) is 11.1 Å². The molecule has 1 unspecified atom stereocenters. The highest BCUT2D eigenvalue weighted by Crippen LogP contribution is 2.33. The molecule has 11 heteroatoms. The summed E-state index contributed by atoms with van der Waals surface area (Å²) in [6.45, 7) is 8.02. The molecule has 1 aliphatic carbocycles. The second kappa shape index (κ2) is 16.5. The first-order chi connectivity index (χ1) is 23.6. The van der Waals surface area contributed by atoms with Crippen molar-refractivity contribution in [1.29, 1.82) is 0 Å². The van der Waals surface area contributed by atoms with Crippen LogP contribution < -0.4 is 10.9 Å². The maximum absolute atomic E-state index is 14.2. The van der Waals surface area contributed by atoms with Crippen molar-refractivity contribution in [2.75, 3.05) is 27.7 Å². The third kappa shape index (κ3) is 9.84. The molecular weight excluding hydrogens is 645 g/mol. The zero-order valence-corrected chi connectivity index (χ0v) is 29.9. The van der Waals surface area contributed by atoms with E-state index >= 15 is 0 Å². The molecule has 3 aromatic rings. The highest BCUT2D eigenvalue weighted by atomic mass is 19.4. The van der Waals surface area contributed by atoms with Crippen molar-refractivity contribution >= 4 is 11.9 Å². The van der Waals surface area contributed by atoms with Crippen molar-refractivity contribution in [3.05, 3.63) is 86.6 Å². The van der Waals surface area contributed by atoms with Crippen molar-refractivity contribution in [3.8, 4) is 23.0 Å². The van der Waals surface area contributed by atoms with E-state index in [1.54, 1.807) is 19.0 Å². The summed E-state index contributed by atoms with van der Waals surface area (Å²) in [5, 5.41) is 2.93. The molecule has 0 saturated heterocycles. The number of likely N-dealkylation sites (N-methyl/N-ethyl adjacent to an activating group) is 1. The van der Waals surface area contributed by atoms with E-state index in [-0.39, 0.29) is 36.7 Å². The highest BCUT2D eigenvalue weighted by molar-refractivity contribution is 5.82. The Morgan fingerprint density at radius 3 is 2.36 bits per heavy atom. The Hall–Kier alpha value is -4.43. The van der Waals surface area contributed by atoms with Crippen molar-refractivity contribution < 1.29 is 27.5 Å². The molecule has 0 spiro atoms. The Morgan fingerprint density at radius 2 is 1.80 bits per heavy atom. The van der Waals surface area contributed by atoms with Gasteiger partial charge in [0.05, 0.1) is 30.8 Å². The van der Waals surface area contributed by atoms with Crippen LogP contribution in [-0.4, -0.2) is 54.1 Å². The van der Waals surface area contributed by atoms with Gasteiger partial charge in [-0.05, 0) is 105 Å². The second-order valence-corrected chi connectivity index (χ2v) is 13.8. The van der Waals surface area contributed by atoms with Gasteiger partial charge in [-0.3, -0.25) is 14.4 Å². The SMILES string of the molecule is COC(=O)C[C@H](NC(=O)C(CC(C)C)n1cc(CCN(C)C)c(C(F)(F)F)cc1=O)c1cc(-c2c(C)cccc2C)cc(C#CC2CCC2)n1. The van der Waals surface area contributed by atoms with Gasteiger partial charge in [0.2, 0.25) is 5.91 Å². The molecule has 1 saturated carbocycles. The number of aryl methyl sites for hydroxylation is 2. The maximum Gasteiger partial charge on any atom is 0.416 e. The third-order valence-corrected chi connectivity index (χ3v) is 9.03. The Labute approximate surface area is 292 Å². The number of methoxy groups -OCH3 is 1. The van der Waals surface area contributed by atoms with Gasteiger partial charge in [-0.15, -0.1) is 0 Å². The molecule has 0 radical (unpaired) electrons. The lowest BCUT2D eigenvalue weighted by atomic mass is 9.86. The zero-order chi connectivity index (χ0) is 36.7. The fourth-order valence-corrected chi connectivity index (χ4v) is 6.12. The number of halogens is 3. The van der Waals surface area contributed by atoms with Crippen LogP contribution in [0.3, 0.4) is 0 Å². The van der Waals surface area contributed by atoms with E-state index in [4.69, 9.17) is 9.72 Å². The van der Waals surface area contributed by atoms with Crippen molar-refractivity contribution in [3.63, 3.8) is 0 Å². The summed E-state index contributed by atoms with van der Waals surface area (Å²) in [7, 11) is 4.73. The number of aromatic nitrogens is 2. The first kappa shape index (κ1) is 38.4. The molecule has 2 atom stereocenters. The number of amides is 1. The molecule has 8 nitrogen and oxygen atoms in total. The fraction of sp³-hybridized carbons (Fsp3) is 0.487. The Balaban J connectivity index is 1.83. The summed E-state index contributed by atoms with van der Waals surface area (Å²) < 4.78 is 48.2. The fourth-order valence-electron chi connectivity index (χ4n) is 6.12. The van der Waals surface area contributed by atoms with E-state index in [2.05, 4.69) is 17.2 Å². The largest absolute Gasteiger partial charge is 0.469 e. The van der Waals surface area contributed by atoms with Gasteiger partial charge in [-0.25, -0.2) is 4.98 Å². The molecule has 1 amide bonds. The summed E-state index contributed by atoms with van der Waals surface area (Å²) in [5.74, 6) is 5.45. The predicted molar refractivity (Wildman–Crippen MR) is 187 cm³/mol. The van der Waals surface area contributed by atoms with Gasteiger partial charge in [0.1, 0.15) is 11.7 Å². The van der Waals surface area contributed by atoms with E-state index in [1.165, 1.54) is 7.11 Å². The number of nitrogens with zero attached hydrogens (tertiary/aromatic N) is 3. The molecule has 4 rings (SSSR count). The molecule has 1 aromatic carbocycles. The number of ether oxygens (including phenoxy) is 1. The number of hydrogen-bond acceptors (Lipinski definition) is 6. The van der Waals surface area contributed by atoms with Gasteiger partial charge in [-0.1, -0.05) is 44.4 Å². The summed E-state index contributed by atoms with van der Waals surface area (Å²) in [4.78, 5) is 46.9. The standard InChI is InChI=1S/C39H47F3N4O4/c1-24(2)18-34(46-23-28(16-17-45(5)6)31(21-35(46)47)39(40,41)42)38(49)44-33(22-36(48)50-7)32-20-29(37-25(3)10-8-11-26(37)4)19-30(43-32)15-14-27-12-9-13-27/h8,10-11,19-21,23-24,27,33-34H,9,12-13,16-18,22H2,1-7H3,(H,44,49)/t33-,34?/m0/s1. The van der Waals surface area contributed by atoms with Crippen LogP contribution in [0.4, 0.5) is 13.2 Å². The van der Waals surface area contributed by atoms with Crippen LogP contribution in [0.5, 0.6) is 0 Å². The van der Waals surface area contributed by atoms with Crippen molar-refractivity contribution in [1.82, 2.24) is 19.8 Å². The molecule has 1 N–H and O–H groups in total. The van der Waals surface area contributed by atoms with E-state index in [1.807, 2.05) is 58.0 Å². The molecule has 50 heavy (non-hydrogen) atoms. The minimum absolute atomic E-state index is 0.0167. The van der Waals surface area contributed by atoms with Gasteiger partial charge in [0, 0.05) is 24.7 Å². The lowest BCUT2D eigenvalue weighted by molar-refractivity contribution is -0.141. The van der Waals surface area contributed by atoms with Gasteiger partial charge in [0.15, 0.2) is 0 Å². The molecular formula is C39H47F3N4O4. The Bertz CT molecular complexity index is 1800. The lowest BCUT2D eigenvalue weighted by Gasteiger charge is -2.26. The quantitative estimate of drug-likeness (QED) is 0.166. The number of esters is 1. The van der Waals surface area contributed by atoms with Gasteiger partial charge in [0.25, 0.3) is 5.56 Å². The second-order valence-electron chi connectivity index (χ2n) is 13.8. The number of hydrogen-bond donors (Lipinski definition) is 1. The highest BCUT2D eigenvalue weighted by Gasteiger charge is 2.36. The van der Waals surface area contributed by atoms with Crippen LogP contribution >= 0.6 is 0 Å². The van der Waals surface area contributed by atoms with Crippen molar-refractivity contribution in [2.24, 2.45) is 11.8 Å². The molecule has 268 valence electrons. The van der Waals surface area contributed by atoms with E-state index < -0.39 is 41.3 Å². The minimum atomic E-state index is -4.74. The molecule has 0 aliphatic heterocycles. The smallest absolute Gasteiger partial charge is 0.416 e. The average Bonchev–Trinajstić information content (AvgIpc) is 3.01. The number of nitrogens with one attached hydrogen (secondary N) is 1. The molecule has 0 bridgehead atoms.